The minimum atomic E-state index is -0.961. The summed E-state index contributed by atoms with van der Waals surface area (Å²) >= 11 is 6.45. The van der Waals surface area contributed by atoms with Gasteiger partial charge in [0.25, 0.3) is 5.89 Å². The van der Waals surface area contributed by atoms with Gasteiger partial charge in [-0.15, -0.1) is 0 Å². The van der Waals surface area contributed by atoms with E-state index < -0.39 is 18.6 Å². The van der Waals surface area contributed by atoms with Crippen LogP contribution >= 0.6 is 11.6 Å². The first-order valence-electron chi connectivity index (χ1n) is 11.3. The Morgan fingerprint density at radius 3 is 2.69 bits per heavy atom. The van der Waals surface area contributed by atoms with Crippen LogP contribution in [0.2, 0.25) is 5.02 Å². The van der Waals surface area contributed by atoms with E-state index in [0.717, 1.165) is 29.8 Å². The molecule has 10 heteroatoms. The predicted molar refractivity (Wildman–Crippen MR) is 133 cm³/mol. The van der Waals surface area contributed by atoms with Crippen molar-refractivity contribution in [3.8, 4) is 28.6 Å². The Hall–Kier alpha value is -2.98. The van der Waals surface area contributed by atoms with Gasteiger partial charge < -0.3 is 29.7 Å². The topological polar surface area (TPSA) is 121 Å². The van der Waals surface area contributed by atoms with E-state index in [1.807, 2.05) is 26.0 Å². The van der Waals surface area contributed by atoms with Crippen molar-refractivity contribution in [1.29, 1.82) is 0 Å². The molecule has 1 heterocycles. The second-order valence-electron chi connectivity index (χ2n) is 8.49. The normalized spacial score (nSPS) is 12.1. The van der Waals surface area contributed by atoms with E-state index in [9.17, 15) is 9.90 Å². The largest absolute Gasteiger partial charge is 0.489 e. The lowest BCUT2D eigenvalue weighted by Crippen LogP contribution is -2.36. The summed E-state index contributed by atoms with van der Waals surface area (Å²) in [7, 11) is 2.07. The molecule has 0 unspecified atom stereocenters. The molecule has 3 aromatic rings. The lowest BCUT2D eigenvalue weighted by molar-refractivity contribution is -0.124. The third kappa shape index (κ3) is 7.25. The number of aryl methyl sites for hydroxylation is 2. The first kappa shape index (κ1) is 26.6. The lowest BCUT2D eigenvalue weighted by atomic mass is 10.1. The summed E-state index contributed by atoms with van der Waals surface area (Å²) in [6.45, 7) is 6.98. The molecule has 2 aromatic carbocycles. The Morgan fingerprint density at radius 2 is 2.00 bits per heavy atom. The maximum atomic E-state index is 11.1. The van der Waals surface area contributed by atoms with Crippen LogP contribution in [0.25, 0.3) is 22.8 Å². The predicted octanol–water partition coefficient (Wildman–Crippen LogP) is 2.97. The van der Waals surface area contributed by atoms with Gasteiger partial charge in [0.05, 0.1) is 5.02 Å². The molecule has 1 aromatic heterocycles. The number of halogens is 1. The Bertz CT molecular complexity index is 1140. The molecule has 188 valence electrons. The molecule has 1 atom stereocenters. The third-order valence-electron chi connectivity index (χ3n) is 5.39. The molecule has 1 amide bonds. The fraction of sp³-hybridized carbons (Fsp3) is 0.400. The van der Waals surface area contributed by atoms with Crippen molar-refractivity contribution >= 4 is 17.5 Å². The maximum Gasteiger partial charge on any atom is 0.258 e. The van der Waals surface area contributed by atoms with Crippen LogP contribution in [0.4, 0.5) is 0 Å². The molecule has 0 saturated heterocycles. The highest BCUT2D eigenvalue weighted by Crippen LogP contribution is 2.34. The zero-order chi connectivity index (χ0) is 25.5. The van der Waals surface area contributed by atoms with E-state index >= 15 is 0 Å². The summed E-state index contributed by atoms with van der Waals surface area (Å²) in [6.07, 6.45) is -0.961. The van der Waals surface area contributed by atoms with E-state index in [1.54, 1.807) is 6.07 Å². The molecule has 3 N–H and O–H groups in total. The van der Waals surface area contributed by atoms with Crippen molar-refractivity contribution in [3.63, 3.8) is 0 Å². The van der Waals surface area contributed by atoms with Gasteiger partial charge in [-0.3, -0.25) is 4.79 Å². The number of aliphatic hydroxyl groups excluding tert-OH is 2. The Labute approximate surface area is 209 Å². The van der Waals surface area contributed by atoms with Crippen molar-refractivity contribution in [2.75, 3.05) is 33.4 Å². The van der Waals surface area contributed by atoms with Gasteiger partial charge in [0.15, 0.2) is 0 Å². The zero-order valence-corrected chi connectivity index (χ0v) is 21.1. The van der Waals surface area contributed by atoms with E-state index in [1.165, 1.54) is 5.56 Å². The molecule has 0 aliphatic carbocycles. The summed E-state index contributed by atoms with van der Waals surface area (Å²) < 4.78 is 11.2. The van der Waals surface area contributed by atoms with Gasteiger partial charge in [0.1, 0.15) is 25.1 Å². The summed E-state index contributed by atoms with van der Waals surface area (Å²) in [5.41, 5.74) is 4.53. The average molecular weight is 503 g/mol. The first-order valence-corrected chi connectivity index (χ1v) is 11.7. The average Bonchev–Trinajstić information content (AvgIpc) is 3.32. The number of carbonyl (C=O) groups is 1. The summed E-state index contributed by atoms with van der Waals surface area (Å²) in [5.74, 6) is 0.663. The number of nitrogens with zero attached hydrogens (tertiary/aromatic N) is 3. The molecule has 0 fully saturated rings. The summed E-state index contributed by atoms with van der Waals surface area (Å²) in [5, 5.41) is 25.6. The molecule has 0 spiro atoms. The number of ether oxygens (including phenoxy) is 1. The minimum absolute atomic E-state index is 0.0464. The first-order chi connectivity index (χ1) is 16.7. The number of rotatable bonds is 11. The highest BCUT2D eigenvalue weighted by molar-refractivity contribution is 6.32. The van der Waals surface area contributed by atoms with Gasteiger partial charge in [-0.2, -0.15) is 4.98 Å². The number of hydrogen-bond acceptors (Lipinski definition) is 8. The fourth-order valence-electron chi connectivity index (χ4n) is 3.53. The Kier molecular flexibility index (Phi) is 9.22. The standard InChI is InChI=1S/C25H31ClN4O5/c1-5-30(4)12-17-6-15(2)7-19(9-17)25-28-24(29-35-25)18-8-16(3)23(21(26)10-18)34-14-20(32)11-27-22(33)13-31/h6-10,20,31-32H,5,11-14H2,1-4H3,(H,27,33)/t20-/m0/s1. The molecular formula is C25H31ClN4O5. The van der Waals surface area contributed by atoms with Crippen molar-refractivity contribution < 1.29 is 24.3 Å². The van der Waals surface area contributed by atoms with Gasteiger partial charge in [-0.25, -0.2) is 0 Å². The van der Waals surface area contributed by atoms with E-state index in [-0.39, 0.29) is 13.2 Å². The highest BCUT2D eigenvalue weighted by Gasteiger charge is 2.17. The Morgan fingerprint density at radius 1 is 1.23 bits per heavy atom. The van der Waals surface area contributed by atoms with E-state index in [2.05, 4.69) is 46.5 Å². The molecule has 0 aliphatic heterocycles. The lowest BCUT2D eigenvalue weighted by Gasteiger charge is -2.16. The van der Waals surface area contributed by atoms with Crippen LogP contribution in [0.3, 0.4) is 0 Å². The Balaban J connectivity index is 1.74. The molecule has 35 heavy (non-hydrogen) atoms. The second-order valence-corrected chi connectivity index (χ2v) is 8.90. The number of carbonyl (C=O) groups excluding carboxylic acids is 1. The molecule has 0 bridgehead atoms. The van der Waals surface area contributed by atoms with Gasteiger partial charge in [-0.1, -0.05) is 35.3 Å². The van der Waals surface area contributed by atoms with Crippen LogP contribution in [0, 0.1) is 13.8 Å². The van der Waals surface area contributed by atoms with Gasteiger partial charge in [-0.05, 0) is 62.8 Å². The van der Waals surface area contributed by atoms with Crippen molar-refractivity contribution in [2.24, 2.45) is 0 Å². The molecular weight excluding hydrogens is 472 g/mol. The number of aromatic nitrogens is 2. The van der Waals surface area contributed by atoms with Crippen LogP contribution < -0.4 is 10.1 Å². The van der Waals surface area contributed by atoms with E-state index in [4.69, 9.17) is 26.0 Å². The van der Waals surface area contributed by atoms with Crippen LogP contribution in [-0.4, -0.2) is 70.6 Å². The number of hydrogen-bond donors (Lipinski definition) is 3. The molecule has 0 saturated carbocycles. The van der Waals surface area contributed by atoms with Crippen LogP contribution in [0.5, 0.6) is 5.75 Å². The molecule has 9 nitrogen and oxygen atoms in total. The fourth-order valence-corrected chi connectivity index (χ4v) is 3.85. The van der Waals surface area contributed by atoms with E-state index in [0.29, 0.717) is 28.1 Å². The maximum absolute atomic E-state index is 11.1. The number of amides is 1. The molecule has 0 aliphatic rings. The quantitative estimate of drug-likeness (QED) is 0.366. The summed E-state index contributed by atoms with van der Waals surface area (Å²) in [4.78, 5) is 17.9. The van der Waals surface area contributed by atoms with Crippen LogP contribution in [0.1, 0.15) is 23.6 Å². The molecule has 0 radical (unpaired) electrons. The van der Waals surface area contributed by atoms with Gasteiger partial charge >= 0.3 is 0 Å². The van der Waals surface area contributed by atoms with Crippen LogP contribution in [-0.2, 0) is 11.3 Å². The molecule has 3 rings (SSSR count). The zero-order valence-electron chi connectivity index (χ0n) is 20.3. The van der Waals surface area contributed by atoms with Crippen molar-refractivity contribution in [3.05, 3.63) is 52.0 Å². The van der Waals surface area contributed by atoms with Gasteiger partial charge in [0.2, 0.25) is 11.7 Å². The number of benzene rings is 2. The SMILES string of the molecule is CCN(C)Cc1cc(C)cc(-c2nc(-c3cc(C)c(OC[C@@H](O)CNC(=O)CO)c(Cl)c3)no2)c1. The highest BCUT2D eigenvalue weighted by atomic mass is 35.5. The number of aliphatic hydroxyl groups is 2. The third-order valence-corrected chi connectivity index (χ3v) is 5.67. The van der Waals surface area contributed by atoms with Gasteiger partial charge in [0, 0.05) is 24.2 Å². The van der Waals surface area contributed by atoms with Crippen molar-refractivity contribution in [2.45, 2.75) is 33.4 Å². The second kappa shape index (κ2) is 12.1. The van der Waals surface area contributed by atoms with Crippen LogP contribution in [0.15, 0.2) is 34.9 Å². The summed E-state index contributed by atoms with van der Waals surface area (Å²) in [6, 6.07) is 9.71. The minimum Gasteiger partial charge on any atom is -0.489 e. The van der Waals surface area contributed by atoms with Crippen molar-refractivity contribution in [1.82, 2.24) is 20.4 Å². The smallest absolute Gasteiger partial charge is 0.258 e. The monoisotopic (exact) mass is 502 g/mol. The number of nitrogens with one attached hydrogen (secondary N) is 1.